The molecule has 0 saturated carbocycles. The fourth-order valence-corrected chi connectivity index (χ4v) is 3.05. The zero-order valence-corrected chi connectivity index (χ0v) is 17.5. The van der Waals surface area contributed by atoms with Crippen molar-refractivity contribution in [3.8, 4) is 0 Å². The topological polar surface area (TPSA) is 70.2 Å². The summed E-state index contributed by atoms with van der Waals surface area (Å²) in [6, 6.07) is 21.3. The van der Waals surface area contributed by atoms with Gasteiger partial charge in [0.15, 0.2) is 0 Å². The van der Waals surface area contributed by atoms with Gasteiger partial charge in [0, 0.05) is 18.8 Å². The quantitative estimate of drug-likeness (QED) is 0.494. The van der Waals surface area contributed by atoms with Gasteiger partial charge >= 0.3 is 0 Å². The summed E-state index contributed by atoms with van der Waals surface area (Å²) < 4.78 is 12.9. The Labute approximate surface area is 181 Å². The average Bonchev–Trinajstić information content (AvgIpc) is 2.78. The fraction of sp³-hybridized carbons (Fsp3) is 0.200. The third-order valence-electron chi connectivity index (χ3n) is 4.83. The molecule has 0 unspecified atom stereocenters. The Morgan fingerprint density at radius 2 is 1.52 bits per heavy atom. The van der Waals surface area contributed by atoms with Crippen LogP contribution in [0.2, 0.25) is 0 Å². The lowest BCUT2D eigenvalue weighted by atomic mass is 10.1. The summed E-state index contributed by atoms with van der Waals surface area (Å²) in [5, 5.41) is 8.77. The van der Waals surface area contributed by atoms with Gasteiger partial charge in [0.2, 0.25) is 5.91 Å². The van der Waals surface area contributed by atoms with Crippen LogP contribution in [-0.4, -0.2) is 24.9 Å². The Kier molecular flexibility index (Phi) is 7.76. The van der Waals surface area contributed by atoms with Crippen molar-refractivity contribution in [1.29, 1.82) is 0 Å². The number of rotatable bonds is 9. The molecule has 31 heavy (non-hydrogen) atoms. The Hall–Kier alpha value is -3.67. The molecule has 0 saturated heterocycles. The maximum absolute atomic E-state index is 12.9. The van der Waals surface area contributed by atoms with Crippen LogP contribution in [0, 0.1) is 12.7 Å². The minimum absolute atomic E-state index is 0.0473. The maximum atomic E-state index is 12.9. The Bertz CT molecular complexity index is 1020. The van der Waals surface area contributed by atoms with Crippen molar-refractivity contribution in [2.24, 2.45) is 0 Å². The summed E-state index contributed by atoms with van der Waals surface area (Å²) in [6.45, 7) is 2.94. The van der Waals surface area contributed by atoms with Crippen LogP contribution in [0.3, 0.4) is 0 Å². The largest absolute Gasteiger partial charge is 0.376 e. The summed E-state index contributed by atoms with van der Waals surface area (Å²) in [6.07, 6.45) is 0.615. The average molecular weight is 420 g/mol. The molecule has 3 aromatic rings. The predicted octanol–water partition coefficient (Wildman–Crippen LogP) is 3.83. The summed E-state index contributed by atoms with van der Waals surface area (Å²) in [5.74, 6) is -0.670. The molecule has 0 aliphatic rings. The van der Waals surface area contributed by atoms with Crippen molar-refractivity contribution in [1.82, 2.24) is 10.6 Å². The maximum Gasteiger partial charge on any atom is 0.253 e. The second kappa shape index (κ2) is 10.9. The predicted molar refractivity (Wildman–Crippen MR) is 120 cm³/mol. The standard InChI is InChI=1S/C25H26FN3O2/c1-18-6-8-20(9-7-18)16-29-25(31)22-4-2-3-5-23(22)28-17-24(30)27-15-14-19-10-12-21(26)13-11-19/h2-13,28H,14-17H2,1H3,(H,27,30)(H,29,31). The number of halogens is 1. The summed E-state index contributed by atoms with van der Waals surface area (Å²) in [7, 11) is 0. The monoisotopic (exact) mass is 419 g/mol. The number of para-hydroxylation sites is 1. The van der Waals surface area contributed by atoms with Crippen molar-refractivity contribution in [3.05, 3.63) is 101 Å². The number of hydrogen-bond acceptors (Lipinski definition) is 3. The lowest BCUT2D eigenvalue weighted by Gasteiger charge is -2.13. The van der Waals surface area contributed by atoms with Crippen molar-refractivity contribution < 1.29 is 14.0 Å². The third-order valence-corrected chi connectivity index (χ3v) is 4.83. The first kappa shape index (κ1) is 22.0. The molecule has 0 atom stereocenters. The van der Waals surface area contributed by atoms with Crippen LogP contribution in [-0.2, 0) is 17.8 Å². The molecule has 6 heteroatoms. The van der Waals surface area contributed by atoms with Crippen LogP contribution in [0.25, 0.3) is 0 Å². The van der Waals surface area contributed by atoms with Crippen LogP contribution < -0.4 is 16.0 Å². The van der Waals surface area contributed by atoms with Gasteiger partial charge in [-0.05, 0) is 48.7 Å². The molecule has 5 nitrogen and oxygen atoms in total. The van der Waals surface area contributed by atoms with E-state index >= 15 is 0 Å². The van der Waals surface area contributed by atoms with E-state index in [1.54, 1.807) is 30.3 Å². The second-order valence-electron chi connectivity index (χ2n) is 7.29. The number of carbonyl (C=O) groups is 2. The molecule has 0 spiro atoms. The van der Waals surface area contributed by atoms with Gasteiger partial charge in [0.1, 0.15) is 5.82 Å². The van der Waals surface area contributed by atoms with E-state index in [0.717, 1.165) is 11.1 Å². The molecule has 3 rings (SSSR count). The van der Waals surface area contributed by atoms with E-state index in [9.17, 15) is 14.0 Å². The SMILES string of the molecule is Cc1ccc(CNC(=O)c2ccccc2NCC(=O)NCCc2ccc(F)cc2)cc1. The van der Waals surface area contributed by atoms with Crippen LogP contribution >= 0.6 is 0 Å². The molecule has 160 valence electrons. The second-order valence-corrected chi connectivity index (χ2v) is 7.29. The van der Waals surface area contributed by atoms with Gasteiger partial charge in [-0.3, -0.25) is 9.59 Å². The number of benzene rings is 3. The minimum Gasteiger partial charge on any atom is -0.376 e. The molecular formula is C25H26FN3O2. The van der Waals surface area contributed by atoms with E-state index < -0.39 is 0 Å². The Morgan fingerprint density at radius 1 is 0.839 bits per heavy atom. The smallest absolute Gasteiger partial charge is 0.253 e. The van der Waals surface area contributed by atoms with Gasteiger partial charge in [0.05, 0.1) is 12.1 Å². The number of amides is 2. The molecule has 0 fully saturated rings. The lowest BCUT2D eigenvalue weighted by molar-refractivity contribution is -0.119. The number of nitrogens with one attached hydrogen (secondary N) is 3. The molecule has 0 heterocycles. The summed E-state index contributed by atoms with van der Waals surface area (Å²) >= 11 is 0. The highest BCUT2D eigenvalue weighted by Crippen LogP contribution is 2.15. The zero-order valence-electron chi connectivity index (χ0n) is 17.5. The fourth-order valence-electron chi connectivity index (χ4n) is 3.05. The van der Waals surface area contributed by atoms with E-state index in [1.807, 2.05) is 37.3 Å². The number of aryl methyl sites for hydroxylation is 1. The molecule has 0 radical (unpaired) electrons. The van der Waals surface area contributed by atoms with Crippen LogP contribution in [0.1, 0.15) is 27.0 Å². The summed E-state index contributed by atoms with van der Waals surface area (Å²) in [5.41, 5.74) is 4.21. The van der Waals surface area contributed by atoms with Crippen LogP contribution in [0.15, 0.2) is 72.8 Å². The Morgan fingerprint density at radius 3 is 2.26 bits per heavy atom. The van der Waals surface area contributed by atoms with E-state index in [-0.39, 0.29) is 24.2 Å². The van der Waals surface area contributed by atoms with Crippen molar-refractivity contribution >= 4 is 17.5 Å². The molecule has 0 aliphatic carbocycles. The third kappa shape index (κ3) is 6.96. The first-order valence-electron chi connectivity index (χ1n) is 10.2. The Balaban J connectivity index is 1.47. The van der Waals surface area contributed by atoms with E-state index in [1.165, 1.54) is 17.7 Å². The highest BCUT2D eigenvalue weighted by atomic mass is 19.1. The van der Waals surface area contributed by atoms with Crippen LogP contribution in [0.5, 0.6) is 0 Å². The first-order chi connectivity index (χ1) is 15.0. The zero-order chi connectivity index (χ0) is 22.1. The van der Waals surface area contributed by atoms with E-state index in [2.05, 4.69) is 16.0 Å². The van der Waals surface area contributed by atoms with Gasteiger partial charge in [-0.15, -0.1) is 0 Å². The van der Waals surface area contributed by atoms with Crippen molar-refractivity contribution in [2.45, 2.75) is 19.9 Å². The normalized spacial score (nSPS) is 10.4. The molecule has 0 aliphatic heterocycles. The van der Waals surface area contributed by atoms with Gasteiger partial charge < -0.3 is 16.0 Å². The summed E-state index contributed by atoms with van der Waals surface area (Å²) in [4.78, 5) is 24.8. The molecule has 2 amide bonds. The first-order valence-corrected chi connectivity index (χ1v) is 10.2. The molecule has 0 bridgehead atoms. The number of hydrogen-bond donors (Lipinski definition) is 3. The minimum atomic E-state index is -0.279. The molecule has 0 aromatic heterocycles. The molecular weight excluding hydrogens is 393 g/mol. The molecule has 3 N–H and O–H groups in total. The van der Waals surface area contributed by atoms with Gasteiger partial charge in [0.25, 0.3) is 5.91 Å². The molecule has 3 aromatic carbocycles. The van der Waals surface area contributed by atoms with Gasteiger partial charge in [-0.1, -0.05) is 54.1 Å². The van der Waals surface area contributed by atoms with Crippen LogP contribution in [0.4, 0.5) is 10.1 Å². The van der Waals surface area contributed by atoms with E-state index in [0.29, 0.717) is 30.8 Å². The van der Waals surface area contributed by atoms with Crippen molar-refractivity contribution in [2.75, 3.05) is 18.4 Å². The van der Waals surface area contributed by atoms with Gasteiger partial charge in [-0.25, -0.2) is 4.39 Å². The van der Waals surface area contributed by atoms with E-state index in [4.69, 9.17) is 0 Å². The number of carbonyl (C=O) groups excluding carboxylic acids is 2. The number of anilines is 1. The highest BCUT2D eigenvalue weighted by molar-refractivity contribution is 6.00. The highest BCUT2D eigenvalue weighted by Gasteiger charge is 2.11. The lowest BCUT2D eigenvalue weighted by Crippen LogP contribution is -2.32. The van der Waals surface area contributed by atoms with Crippen molar-refractivity contribution in [3.63, 3.8) is 0 Å². The van der Waals surface area contributed by atoms with Gasteiger partial charge in [-0.2, -0.15) is 0 Å².